The molecular weight excluding hydrogens is 328 g/mol. The van der Waals surface area contributed by atoms with Crippen LogP contribution in [-0.4, -0.2) is 69.7 Å². The van der Waals surface area contributed by atoms with E-state index in [9.17, 15) is 13.2 Å². The number of rotatable bonds is 4. The van der Waals surface area contributed by atoms with Crippen LogP contribution in [0, 0.1) is 17.3 Å². The number of hydrogen-bond acceptors (Lipinski definition) is 4. The van der Waals surface area contributed by atoms with E-state index in [0.717, 1.165) is 38.6 Å². The number of nitrogens with zero attached hydrogens (tertiary/aromatic N) is 2. The van der Waals surface area contributed by atoms with Crippen molar-refractivity contribution in [3.8, 4) is 0 Å². The monoisotopic (exact) mass is 358 g/mol. The van der Waals surface area contributed by atoms with Crippen LogP contribution in [0.3, 0.4) is 0 Å². The molecule has 24 heavy (non-hydrogen) atoms. The molecule has 0 spiro atoms. The standard InChI is InChI=1S/C17H30N2O4S/c1-23-13-17-8-9-18(16(20)14-6-4-3-5-7-14)10-15(17)11-19(12-17)24(2,21)22/h14-15H,3-13H2,1-2H3/t15-,17+/m1/s1. The van der Waals surface area contributed by atoms with Crippen LogP contribution < -0.4 is 0 Å². The first-order valence-electron chi connectivity index (χ1n) is 9.08. The summed E-state index contributed by atoms with van der Waals surface area (Å²) in [4.78, 5) is 14.8. The molecule has 2 atom stereocenters. The van der Waals surface area contributed by atoms with E-state index in [2.05, 4.69) is 0 Å². The lowest BCUT2D eigenvalue weighted by Gasteiger charge is -2.44. The maximum atomic E-state index is 12.8. The smallest absolute Gasteiger partial charge is 0.225 e. The fraction of sp³-hybridized carbons (Fsp3) is 0.941. The second-order valence-corrected chi connectivity index (χ2v) is 9.90. The largest absolute Gasteiger partial charge is 0.384 e. The van der Waals surface area contributed by atoms with Crippen molar-refractivity contribution in [3.05, 3.63) is 0 Å². The Morgan fingerprint density at radius 2 is 1.92 bits per heavy atom. The second kappa shape index (κ2) is 6.92. The molecule has 0 aromatic carbocycles. The Labute approximate surface area is 145 Å². The van der Waals surface area contributed by atoms with E-state index in [1.165, 1.54) is 12.7 Å². The summed E-state index contributed by atoms with van der Waals surface area (Å²) in [6.07, 6.45) is 7.68. The van der Waals surface area contributed by atoms with Crippen LogP contribution in [0.25, 0.3) is 0 Å². The zero-order valence-corrected chi connectivity index (χ0v) is 15.7. The number of fused-ring (bicyclic) bond motifs is 1. The van der Waals surface area contributed by atoms with Crippen molar-refractivity contribution in [1.29, 1.82) is 0 Å². The summed E-state index contributed by atoms with van der Waals surface area (Å²) in [5.41, 5.74) is -0.138. The summed E-state index contributed by atoms with van der Waals surface area (Å²) < 4.78 is 31.0. The first kappa shape index (κ1) is 18.1. The molecule has 0 aromatic rings. The molecule has 0 bridgehead atoms. The lowest BCUT2D eigenvalue weighted by atomic mass is 9.73. The van der Waals surface area contributed by atoms with E-state index >= 15 is 0 Å². The zero-order valence-electron chi connectivity index (χ0n) is 14.9. The van der Waals surface area contributed by atoms with Gasteiger partial charge in [0.1, 0.15) is 0 Å². The molecule has 0 radical (unpaired) electrons. The molecule has 0 unspecified atom stereocenters. The van der Waals surface area contributed by atoms with E-state index in [-0.39, 0.29) is 17.3 Å². The molecule has 3 rings (SSSR count). The van der Waals surface area contributed by atoms with Crippen LogP contribution in [0.5, 0.6) is 0 Å². The zero-order chi connectivity index (χ0) is 17.4. The molecule has 7 heteroatoms. The highest BCUT2D eigenvalue weighted by atomic mass is 32.2. The third-order valence-corrected chi connectivity index (χ3v) is 7.48. The minimum absolute atomic E-state index is 0.138. The SMILES string of the molecule is COC[C@@]12CCN(C(=O)C3CCCCC3)C[C@@H]1CN(S(C)(=O)=O)C2. The molecular formula is C17H30N2O4S. The number of carbonyl (C=O) groups is 1. The number of carbonyl (C=O) groups excluding carboxylic acids is 1. The van der Waals surface area contributed by atoms with Crippen LogP contribution in [0.4, 0.5) is 0 Å². The quantitative estimate of drug-likeness (QED) is 0.760. The third-order valence-electron chi connectivity index (χ3n) is 6.27. The average molecular weight is 359 g/mol. The Balaban J connectivity index is 1.72. The average Bonchev–Trinajstić information content (AvgIpc) is 2.94. The minimum Gasteiger partial charge on any atom is -0.384 e. The van der Waals surface area contributed by atoms with Gasteiger partial charge < -0.3 is 9.64 Å². The van der Waals surface area contributed by atoms with E-state index in [4.69, 9.17) is 4.74 Å². The Kier molecular flexibility index (Phi) is 5.23. The van der Waals surface area contributed by atoms with Crippen LogP contribution >= 0.6 is 0 Å². The molecule has 1 saturated carbocycles. The summed E-state index contributed by atoms with van der Waals surface area (Å²) in [5.74, 6) is 0.646. The van der Waals surface area contributed by atoms with Gasteiger partial charge in [-0.25, -0.2) is 12.7 Å². The lowest BCUT2D eigenvalue weighted by Crippen LogP contribution is -2.52. The first-order valence-corrected chi connectivity index (χ1v) is 10.9. The number of hydrogen-bond donors (Lipinski definition) is 0. The minimum atomic E-state index is -3.20. The summed E-state index contributed by atoms with van der Waals surface area (Å²) in [5, 5.41) is 0. The number of likely N-dealkylation sites (tertiary alicyclic amines) is 1. The van der Waals surface area contributed by atoms with Crippen LogP contribution in [0.1, 0.15) is 38.5 Å². The summed E-state index contributed by atoms with van der Waals surface area (Å²) in [7, 11) is -1.53. The highest BCUT2D eigenvalue weighted by Gasteiger charge is 2.52. The Morgan fingerprint density at radius 3 is 2.54 bits per heavy atom. The fourth-order valence-electron chi connectivity index (χ4n) is 4.82. The predicted molar refractivity (Wildman–Crippen MR) is 92.0 cm³/mol. The highest BCUT2D eigenvalue weighted by Crippen LogP contribution is 2.44. The number of piperidine rings is 1. The Bertz CT molecular complexity index is 573. The van der Waals surface area contributed by atoms with Crippen molar-refractivity contribution in [1.82, 2.24) is 9.21 Å². The van der Waals surface area contributed by atoms with Gasteiger partial charge in [-0.15, -0.1) is 0 Å². The molecule has 6 nitrogen and oxygen atoms in total. The molecule has 1 aliphatic carbocycles. The summed E-state index contributed by atoms with van der Waals surface area (Å²) in [6, 6.07) is 0. The normalized spacial score (nSPS) is 32.8. The molecule has 1 amide bonds. The van der Waals surface area contributed by atoms with E-state index in [0.29, 0.717) is 32.1 Å². The maximum absolute atomic E-state index is 12.8. The van der Waals surface area contributed by atoms with Gasteiger partial charge in [-0.2, -0.15) is 0 Å². The second-order valence-electron chi connectivity index (χ2n) is 7.92. The molecule has 2 saturated heterocycles. The van der Waals surface area contributed by atoms with Crippen molar-refractivity contribution in [2.75, 3.05) is 46.2 Å². The van der Waals surface area contributed by atoms with Crippen molar-refractivity contribution < 1.29 is 17.9 Å². The van der Waals surface area contributed by atoms with E-state index in [1.54, 1.807) is 11.4 Å². The van der Waals surface area contributed by atoms with Gasteiger partial charge in [-0.1, -0.05) is 19.3 Å². The van der Waals surface area contributed by atoms with Gasteiger partial charge in [-0.3, -0.25) is 4.79 Å². The molecule has 2 heterocycles. The molecule has 138 valence electrons. The van der Waals surface area contributed by atoms with E-state index < -0.39 is 10.0 Å². The Morgan fingerprint density at radius 1 is 1.21 bits per heavy atom. The van der Waals surface area contributed by atoms with Gasteiger partial charge in [0.15, 0.2) is 0 Å². The van der Waals surface area contributed by atoms with Crippen molar-refractivity contribution in [2.45, 2.75) is 38.5 Å². The van der Waals surface area contributed by atoms with Crippen molar-refractivity contribution in [3.63, 3.8) is 0 Å². The van der Waals surface area contributed by atoms with Crippen LogP contribution in [0.15, 0.2) is 0 Å². The number of amides is 1. The molecule has 3 fully saturated rings. The molecule has 0 N–H and O–H groups in total. The topological polar surface area (TPSA) is 66.9 Å². The molecule has 3 aliphatic rings. The first-order chi connectivity index (χ1) is 11.4. The lowest BCUT2D eigenvalue weighted by molar-refractivity contribution is -0.141. The van der Waals surface area contributed by atoms with Gasteiger partial charge in [-0.05, 0) is 25.2 Å². The van der Waals surface area contributed by atoms with Crippen LogP contribution in [0.2, 0.25) is 0 Å². The predicted octanol–water partition coefficient (Wildman–Crippen LogP) is 1.32. The molecule has 0 aromatic heterocycles. The van der Waals surface area contributed by atoms with Gasteiger partial charge in [0.25, 0.3) is 0 Å². The van der Waals surface area contributed by atoms with Crippen molar-refractivity contribution in [2.24, 2.45) is 17.3 Å². The van der Waals surface area contributed by atoms with Gasteiger partial charge >= 0.3 is 0 Å². The molecule has 2 aliphatic heterocycles. The summed E-state index contributed by atoms with van der Waals surface area (Å²) in [6.45, 7) is 3.00. The van der Waals surface area contributed by atoms with Crippen molar-refractivity contribution >= 4 is 15.9 Å². The van der Waals surface area contributed by atoms with Gasteiger partial charge in [0.2, 0.25) is 15.9 Å². The number of sulfonamides is 1. The van der Waals surface area contributed by atoms with Crippen LogP contribution in [-0.2, 0) is 19.6 Å². The highest BCUT2D eigenvalue weighted by molar-refractivity contribution is 7.88. The fourth-order valence-corrected chi connectivity index (χ4v) is 5.76. The third kappa shape index (κ3) is 3.48. The number of methoxy groups -OCH3 is 1. The van der Waals surface area contributed by atoms with E-state index in [1.807, 2.05) is 4.90 Å². The number of ether oxygens (including phenoxy) is 1. The van der Waals surface area contributed by atoms with Gasteiger partial charge in [0, 0.05) is 44.6 Å². The Hall–Kier alpha value is -0.660. The van der Waals surface area contributed by atoms with Gasteiger partial charge in [0.05, 0.1) is 12.9 Å². The maximum Gasteiger partial charge on any atom is 0.225 e. The summed E-state index contributed by atoms with van der Waals surface area (Å²) >= 11 is 0.